The zero-order valence-corrected chi connectivity index (χ0v) is 18.4. The third kappa shape index (κ3) is 4.67. The Hall–Kier alpha value is -2.80. The molecule has 0 atom stereocenters. The van der Waals surface area contributed by atoms with Crippen molar-refractivity contribution >= 4 is 38.5 Å². The van der Waals surface area contributed by atoms with Crippen molar-refractivity contribution in [2.75, 3.05) is 12.5 Å². The average molecular weight is 470 g/mol. The van der Waals surface area contributed by atoms with E-state index in [1.807, 2.05) is 48.5 Å². The maximum absolute atomic E-state index is 13.1. The standard InChI is InChI=1S/C23H24BrN3O3/c1-29-20-9-5-6-15-14-19(22(28)25-17-7-3-2-4-8-17)23(30-21(15)20)27-26-18-12-10-16(24)11-13-18/h5-6,9-14,17,26H,2-4,7-8H2,1H3,(H,25,28)/b27-23-. The Labute approximate surface area is 183 Å². The van der Waals surface area contributed by atoms with E-state index in [1.54, 1.807) is 7.11 Å². The van der Waals surface area contributed by atoms with Crippen molar-refractivity contribution in [3.8, 4) is 5.75 Å². The van der Waals surface area contributed by atoms with Crippen LogP contribution in [0.25, 0.3) is 11.0 Å². The number of halogens is 1. The fourth-order valence-electron chi connectivity index (χ4n) is 3.68. The summed E-state index contributed by atoms with van der Waals surface area (Å²) in [4.78, 5) is 13.1. The van der Waals surface area contributed by atoms with Gasteiger partial charge in [-0.25, -0.2) is 0 Å². The molecule has 6 nitrogen and oxygen atoms in total. The van der Waals surface area contributed by atoms with E-state index in [-0.39, 0.29) is 17.5 Å². The van der Waals surface area contributed by atoms with Gasteiger partial charge in [0.15, 0.2) is 11.3 Å². The van der Waals surface area contributed by atoms with E-state index in [9.17, 15) is 4.79 Å². The van der Waals surface area contributed by atoms with E-state index in [2.05, 4.69) is 31.8 Å². The van der Waals surface area contributed by atoms with Crippen LogP contribution < -0.4 is 21.0 Å². The summed E-state index contributed by atoms with van der Waals surface area (Å²) in [6, 6.07) is 15.2. The Kier molecular flexibility index (Phi) is 6.38. The number of ether oxygens (including phenoxy) is 1. The molecule has 0 radical (unpaired) electrons. The molecule has 1 fully saturated rings. The number of amides is 1. The van der Waals surface area contributed by atoms with Gasteiger partial charge in [0.2, 0.25) is 5.55 Å². The maximum Gasteiger partial charge on any atom is 0.257 e. The largest absolute Gasteiger partial charge is 0.493 e. The highest BCUT2D eigenvalue weighted by molar-refractivity contribution is 9.10. The van der Waals surface area contributed by atoms with Crippen LogP contribution in [-0.2, 0) is 0 Å². The van der Waals surface area contributed by atoms with Crippen LogP contribution in [0.3, 0.4) is 0 Å². The maximum atomic E-state index is 13.1. The fourth-order valence-corrected chi connectivity index (χ4v) is 3.95. The van der Waals surface area contributed by atoms with Crippen molar-refractivity contribution < 1.29 is 13.9 Å². The van der Waals surface area contributed by atoms with Crippen molar-refractivity contribution in [1.29, 1.82) is 0 Å². The molecular weight excluding hydrogens is 446 g/mol. The van der Waals surface area contributed by atoms with Gasteiger partial charge in [-0.1, -0.05) is 47.3 Å². The molecule has 30 heavy (non-hydrogen) atoms. The van der Waals surface area contributed by atoms with Gasteiger partial charge in [-0.15, -0.1) is 5.10 Å². The molecule has 2 N–H and O–H groups in total. The Morgan fingerprint density at radius 3 is 2.63 bits per heavy atom. The van der Waals surface area contributed by atoms with Crippen LogP contribution in [0.2, 0.25) is 0 Å². The zero-order valence-electron chi connectivity index (χ0n) is 16.8. The van der Waals surface area contributed by atoms with Crippen LogP contribution in [0.15, 0.2) is 62.5 Å². The van der Waals surface area contributed by atoms with E-state index in [0.717, 1.165) is 41.2 Å². The van der Waals surface area contributed by atoms with E-state index in [0.29, 0.717) is 16.9 Å². The molecule has 1 aromatic heterocycles. The van der Waals surface area contributed by atoms with Crippen LogP contribution in [-0.4, -0.2) is 19.1 Å². The first-order chi connectivity index (χ1) is 14.6. The van der Waals surface area contributed by atoms with Crippen molar-refractivity contribution in [1.82, 2.24) is 5.32 Å². The molecule has 2 aromatic carbocycles. The lowest BCUT2D eigenvalue weighted by molar-refractivity contribution is 0.0923. The molecule has 3 aromatic rings. The number of anilines is 1. The fraction of sp³-hybridized carbons (Fsp3) is 0.304. The third-order valence-electron chi connectivity index (χ3n) is 5.27. The highest BCUT2D eigenvalue weighted by Crippen LogP contribution is 2.25. The van der Waals surface area contributed by atoms with Crippen LogP contribution in [0.1, 0.15) is 42.5 Å². The molecule has 156 valence electrons. The molecule has 0 saturated heterocycles. The van der Waals surface area contributed by atoms with Gasteiger partial charge in [0.1, 0.15) is 5.56 Å². The molecular formula is C23H24BrN3O3. The van der Waals surface area contributed by atoms with Gasteiger partial charge >= 0.3 is 0 Å². The monoisotopic (exact) mass is 469 g/mol. The number of rotatable bonds is 5. The zero-order chi connectivity index (χ0) is 20.9. The molecule has 1 saturated carbocycles. The average Bonchev–Trinajstić information content (AvgIpc) is 2.78. The predicted molar refractivity (Wildman–Crippen MR) is 120 cm³/mol. The van der Waals surface area contributed by atoms with E-state index < -0.39 is 0 Å². The molecule has 1 amide bonds. The van der Waals surface area contributed by atoms with E-state index in [4.69, 9.17) is 9.15 Å². The third-order valence-corrected chi connectivity index (χ3v) is 5.80. The van der Waals surface area contributed by atoms with Gasteiger partial charge in [0.25, 0.3) is 5.91 Å². The van der Waals surface area contributed by atoms with Crippen LogP contribution in [0.4, 0.5) is 5.69 Å². The second-order valence-electron chi connectivity index (χ2n) is 7.38. The number of hydrogen-bond acceptors (Lipinski definition) is 5. The number of methoxy groups -OCH3 is 1. The summed E-state index contributed by atoms with van der Waals surface area (Å²) >= 11 is 3.42. The van der Waals surface area contributed by atoms with Crippen LogP contribution in [0.5, 0.6) is 5.75 Å². The van der Waals surface area contributed by atoms with E-state index in [1.165, 1.54) is 6.42 Å². The van der Waals surface area contributed by atoms with Crippen molar-refractivity contribution in [3.63, 3.8) is 0 Å². The highest BCUT2D eigenvalue weighted by atomic mass is 79.9. The lowest BCUT2D eigenvalue weighted by Crippen LogP contribution is -2.38. The molecule has 0 aliphatic heterocycles. The van der Waals surface area contributed by atoms with Crippen molar-refractivity contribution in [2.24, 2.45) is 5.10 Å². The summed E-state index contributed by atoms with van der Waals surface area (Å²) in [5.74, 6) is 0.415. The summed E-state index contributed by atoms with van der Waals surface area (Å²) in [6.45, 7) is 0. The molecule has 0 bridgehead atoms. The minimum Gasteiger partial charge on any atom is -0.493 e. The van der Waals surface area contributed by atoms with Crippen LogP contribution >= 0.6 is 15.9 Å². The van der Waals surface area contributed by atoms with Crippen molar-refractivity contribution in [2.45, 2.75) is 38.1 Å². The molecule has 1 aliphatic carbocycles. The van der Waals surface area contributed by atoms with Gasteiger partial charge in [0.05, 0.1) is 12.8 Å². The minimum atomic E-state index is -0.174. The summed E-state index contributed by atoms with van der Waals surface area (Å²) in [7, 11) is 1.59. The number of hydrogen-bond donors (Lipinski definition) is 2. The second-order valence-corrected chi connectivity index (χ2v) is 8.30. The van der Waals surface area contributed by atoms with Gasteiger partial charge in [-0.05, 0) is 49.2 Å². The number of carbonyl (C=O) groups excluding carboxylic acids is 1. The normalized spacial score (nSPS) is 15.2. The van der Waals surface area contributed by atoms with Crippen molar-refractivity contribution in [3.05, 3.63) is 64.1 Å². The number of carbonyl (C=O) groups is 1. The Balaban J connectivity index is 1.73. The molecule has 7 heteroatoms. The number of nitrogens with zero attached hydrogens (tertiary/aromatic N) is 1. The molecule has 0 unspecified atom stereocenters. The summed E-state index contributed by atoms with van der Waals surface area (Å²) in [6.07, 6.45) is 5.54. The topological polar surface area (TPSA) is 75.9 Å². The van der Waals surface area contributed by atoms with Gasteiger partial charge in [-0.3, -0.25) is 10.2 Å². The number of benzene rings is 2. The Morgan fingerprint density at radius 1 is 1.13 bits per heavy atom. The van der Waals surface area contributed by atoms with Gasteiger partial charge in [-0.2, -0.15) is 0 Å². The van der Waals surface area contributed by atoms with Gasteiger partial charge < -0.3 is 14.5 Å². The number of fused-ring (bicyclic) bond motifs is 1. The lowest BCUT2D eigenvalue weighted by Gasteiger charge is -2.22. The minimum absolute atomic E-state index is 0.174. The summed E-state index contributed by atoms with van der Waals surface area (Å²) < 4.78 is 12.4. The lowest BCUT2D eigenvalue weighted by atomic mass is 9.95. The first kappa shape index (κ1) is 20.5. The molecule has 4 rings (SSSR count). The predicted octanol–water partition coefficient (Wildman–Crippen LogP) is 5.19. The van der Waals surface area contributed by atoms with Gasteiger partial charge in [0, 0.05) is 15.9 Å². The highest BCUT2D eigenvalue weighted by Gasteiger charge is 2.20. The van der Waals surface area contributed by atoms with Crippen LogP contribution in [0, 0.1) is 0 Å². The Bertz CT molecular complexity index is 1100. The Morgan fingerprint density at radius 2 is 1.90 bits per heavy atom. The SMILES string of the molecule is COc1cccc2cc(C(=O)NC3CCCCC3)/c(=N/Nc3ccc(Br)cc3)oc12. The number of nitrogens with one attached hydrogen (secondary N) is 2. The first-order valence-corrected chi connectivity index (χ1v) is 10.9. The molecule has 1 heterocycles. The molecule has 0 spiro atoms. The number of para-hydroxylation sites is 1. The smallest absolute Gasteiger partial charge is 0.257 e. The van der Waals surface area contributed by atoms with E-state index >= 15 is 0 Å². The summed E-state index contributed by atoms with van der Waals surface area (Å²) in [5, 5.41) is 8.33. The molecule has 1 aliphatic rings. The quantitative estimate of drug-likeness (QED) is 0.503. The first-order valence-electron chi connectivity index (χ1n) is 10.1. The summed E-state index contributed by atoms with van der Waals surface area (Å²) in [5.41, 5.74) is 4.92. The second kappa shape index (κ2) is 9.34.